The third kappa shape index (κ3) is 38.1. The number of rotatable bonds is 44. The van der Waals surface area contributed by atoms with Gasteiger partial charge in [0.2, 0.25) is 5.91 Å². The van der Waals surface area contributed by atoms with Crippen LogP contribution in [0.4, 0.5) is 0 Å². The molecule has 0 aliphatic heterocycles. The summed E-state index contributed by atoms with van der Waals surface area (Å²) in [6, 6.07) is -1.01. The molecule has 5 N–H and O–H groups in total. The maximum absolute atomic E-state index is 12.5. The molecule has 0 aromatic carbocycles. The van der Waals surface area contributed by atoms with Gasteiger partial charge < -0.3 is 25.7 Å². The maximum atomic E-state index is 12.5. The molecule has 6 heteroatoms. The summed E-state index contributed by atoms with van der Waals surface area (Å²) in [6.45, 7) is 4.03. The molecule has 0 aromatic rings. The average Bonchev–Trinajstić information content (AvgIpc) is 3.19. The molecule has 0 aliphatic carbocycles. The van der Waals surface area contributed by atoms with Gasteiger partial charge >= 0.3 is 0 Å². The first-order valence-electron chi connectivity index (χ1n) is 24.2. The minimum absolute atomic E-state index is 0.333. The van der Waals surface area contributed by atoms with E-state index in [1.807, 2.05) is 0 Å². The first-order chi connectivity index (χ1) is 27.0. The summed E-state index contributed by atoms with van der Waals surface area (Å²) in [4.78, 5) is 12.5. The van der Waals surface area contributed by atoms with Gasteiger partial charge in [-0.1, -0.05) is 212 Å². The van der Waals surface area contributed by atoms with E-state index in [0.717, 1.165) is 44.9 Å². The van der Waals surface area contributed by atoms with Crippen LogP contribution < -0.4 is 5.32 Å². The molecular weight excluding hydrogens is 683 g/mol. The van der Waals surface area contributed by atoms with E-state index in [4.69, 9.17) is 0 Å². The Bertz CT molecular complexity index is 832. The summed E-state index contributed by atoms with van der Waals surface area (Å²) >= 11 is 0. The van der Waals surface area contributed by atoms with Crippen LogP contribution in [-0.2, 0) is 4.79 Å². The number of hydrogen-bond donors (Lipinski definition) is 5. The van der Waals surface area contributed by atoms with Gasteiger partial charge in [-0.3, -0.25) is 4.79 Å². The Balaban J connectivity index is 3.66. The van der Waals surface area contributed by atoms with Gasteiger partial charge in [0, 0.05) is 0 Å². The minimum atomic E-state index is -1.29. The van der Waals surface area contributed by atoms with E-state index in [1.165, 1.54) is 180 Å². The molecular formula is C49H95NO5. The standard InChI is InChI=1S/C49H95NO5/c1-3-5-7-9-11-13-15-17-18-19-20-21-22-23-24-25-26-27-28-29-30-31-33-34-36-38-40-42-46(52)48(54)45(44-51)50-49(55)47(53)43-41-39-37-35-32-16-14-12-10-8-6-4-2/h32,34-36,45-48,51-54H,3-31,33,37-44H2,1-2H3,(H,50,55)/b35-32-,36-34+. The summed E-state index contributed by atoms with van der Waals surface area (Å²) < 4.78 is 0. The molecule has 326 valence electrons. The Morgan fingerprint density at radius 3 is 1.09 bits per heavy atom. The second-order valence-electron chi connectivity index (χ2n) is 16.8. The number of aliphatic hydroxyl groups is 4. The van der Waals surface area contributed by atoms with Crippen LogP contribution >= 0.6 is 0 Å². The van der Waals surface area contributed by atoms with Crippen molar-refractivity contribution in [3.05, 3.63) is 24.3 Å². The van der Waals surface area contributed by atoms with E-state index >= 15 is 0 Å². The lowest BCUT2D eigenvalue weighted by Gasteiger charge is -2.27. The van der Waals surface area contributed by atoms with Gasteiger partial charge in [-0.15, -0.1) is 0 Å². The van der Waals surface area contributed by atoms with Crippen LogP contribution in [0.15, 0.2) is 24.3 Å². The molecule has 4 atom stereocenters. The third-order valence-corrected chi connectivity index (χ3v) is 11.4. The normalized spacial score (nSPS) is 14.2. The van der Waals surface area contributed by atoms with Crippen molar-refractivity contribution in [1.82, 2.24) is 5.32 Å². The molecule has 0 rings (SSSR count). The number of nitrogens with one attached hydrogen (secondary N) is 1. The summed E-state index contributed by atoms with van der Waals surface area (Å²) in [5.74, 6) is -0.609. The zero-order valence-corrected chi connectivity index (χ0v) is 36.7. The van der Waals surface area contributed by atoms with Gasteiger partial charge in [-0.25, -0.2) is 0 Å². The molecule has 0 bridgehead atoms. The summed E-state index contributed by atoms with van der Waals surface area (Å²) in [6.07, 6.45) is 51.0. The second kappa shape index (κ2) is 43.9. The highest BCUT2D eigenvalue weighted by Crippen LogP contribution is 2.16. The molecule has 0 aliphatic rings. The lowest BCUT2D eigenvalue weighted by Crippen LogP contribution is -2.53. The predicted octanol–water partition coefficient (Wildman–Crippen LogP) is 13.1. The molecule has 0 heterocycles. The Hall–Kier alpha value is -1.21. The largest absolute Gasteiger partial charge is 0.394 e. The zero-order chi connectivity index (χ0) is 40.3. The fourth-order valence-corrected chi connectivity index (χ4v) is 7.52. The molecule has 55 heavy (non-hydrogen) atoms. The van der Waals surface area contributed by atoms with Crippen molar-refractivity contribution in [3.63, 3.8) is 0 Å². The highest BCUT2D eigenvalue weighted by atomic mass is 16.3. The number of aliphatic hydroxyl groups excluding tert-OH is 4. The average molecular weight is 778 g/mol. The molecule has 4 unspecified atom stereocenters. The van der Waals surface area contributed by atoms with Gasteiger partial charge in [-0.05, 0) is 64.2 Å². The molecule has 0 fully saturated rings. The Morgan fingerprint density at radius 2 is 0.745 bits per heavy atom. The van der Waals surface area contributed by atoms with E-state index in [1.54, 1.807) is 0 Å². The first kappa shape index (κ1) is 53.8. The van der Waals surface area contributed by atoms with E-state index in [2.05, 4.69) is 43.5 Å². The summed E-state index contributed by atoms with van der Waals surface area (Å²) in [7, 11) is 0. The number of carbonyl (C=O) groups is 1. The lowest BCUT2D eigenvalue weighted by atomic mass is 10.00. The van der Waals surface area contributed by atoms with Crippen LogP contribution in [0.2, 0.25) is 0 Å². The highest BCUT2D eigenvalue weighted by molar-refractivity contribution is 5.80. The van der Waals surface area contributed by atoms with E-state index in [-0.39, 0.29) is 0 Å². The Labute approximate surface area is 342 Å². The highest BCUT2D eigenvalue weighted by Gasteiger charge is 2.28. The lowest BCUT2D eigenvalue weighted by molar-refractivity contribution is -0.132. The van der Waals surface area contributed by atoms with Crippen molar-refractivity contribution in [3.8, 4) is 0 Å². The van der Waals surface area contributed by atoms with Gasteiger partial charge in [0.15, 0.2) is 0 Å². The molecule has 1 amide bonds. The first-order valence-corrected chi connectivity index (χ1v) is 24.2. The van der Waals surface area contributed by atoms with Crippen LogP contribution in [0.3, 0.4) is 0 Å². The zero-order valence-electron chi connectivity index (χ0n) is 36.7. The van der Waals surface area contributed by atoms with Crippen molar-refractivity contribution >= 4 is 5.91 Å². The Kier molecular flexibility index (Phi) is 42.9. The van der Waals surface area contributed by atoms with Crippen molar-refractivity contribution in [2.75, 3.05) is 6.61 Å². The third-order valence-electron chi connectivity index (χ3n) is 11.4. The Morgan fingerprint density at radius 1 is 0.436 bits per heavy atom. The topological polar surface area (TPSA) is 110 Å². The maximum Gasteiger partial charge on any atom is 0.249 e. The molecule has 0 aromatic heterocycles. The minimum Gasteiger partial charge on any atom is -0.394 e. The smallest absolute Gasteiger partial charge is 0.249 e. The van der Waals surface area contributed by atoms with Crippen molar-refractivity contribution in [2.45, 2.75) is 276 Å². The van der Waals surface area contributed by atoms with Crippen LogP contribution in [0.1, 0.15) is 251 Å². The number of hydrogen-bond acceptors (Lipinski definition) is 5. The van der Waals surface area contributed by atoms with Gasteiger partial charge in [0.25, 0.3) is 0 Å². The van der Waals surface area contributed by atoms with Crippen LogP contribution in [0.25, 0.3) is 0 Å². The van der Waals surface area contributed by atoms with Gasteiger partial charge in [-0.2, -0.15) is 0 Å². The molecule has 0 radical (unpaired) electrons. The number of unbranched alkanes of at least 4 members (excludes halogenated alkanes) is 31. The van der Waals surface area contributed by atoms with Crippen molar-refractivity contribution in [1.29, 1.82) is 0 Å². The van der Waals surface area contributed by atoms with Crippen LogP contribution in [-0.4, -0.2) is 57.3 Å². The van der Waals surface area contributed by atoms with E-state index in [9.17, 15) is 25.2 Å². The van der Waals surface area contributed by atoms with Gasteiger partial charge in [0.05, 0.1) is 18.8 Å². The van der Waals surface area contributed by atoms with Gasteiger partial charge in [0.1, 0.15) is 12.2 Å². The van der Waals surface area contributed by atoms with Crippen LogP contribution in [0, 0.1) is 0 Å². The predicted molar refractivity (Wildman–Crippen MR) is 237 cm³/mol. The number of carbonyl (C=O) groups excluding carboxylic acids is 1. The number of amides is 1. The monoisotopic (exact) mass is 778 g/mol. The molecule has 0 spiro atoms. The second-order valence-corrected chi connectivity index (χ2v) is 16.8. The van der Waals surface area contributed by atoms with Crippen LogP contribution in [0.5, 0.6) is 0 Å². The summed E-state index contributed by atoms with van der Waals surface area (Å²) in [5, 5.41) is 43.6. The van der Waals surface area contributed by atoms with Crippen molar-refractivity contribution in [2.24, 2.45) is 0 Å². The summed E-state index contributed by atoms with van der Waals surface area (Å²) in [5.41, 5.74) is 0. The molecule has 6 nitrogen and oxygen atoms in total. The quantitative estimate of drug-likeness (QED) is 0.0313. The number of allylic oxidation sites excluding steroid dienone is 4. The fourth-order valence-electron chi connectivity index (χ4n) is 7.52. The fraction of sp³-hybridized carbons (Fsp3) is 0.898. The SMILES string of the molecule is CCCCCCCC/C=C\CCCCC(O)C(=O)NC(CO)C(O)C(O)CCC/C=C/CCCCCCCCCCCCCCCCCCCCCCCC. The van der Waals surface area contributed by atoms with Crippen molar-refractivity contribution < 1.29 is 25.2 Å². The van der Waals surface area contributed by atoms with E-state index in [0.29, 0.717) is 12.8 Å². The van der Waals surface area contributed by atoms with E-state index < -0.39 is 36.9 Å². The molecule has 0 saturated carbocycles. The molecule has 0 saturated heterocycles.